The number of nitrogens with one attached hydrogen (secondary N) is 2. The number of carbonyl (C=O) groups excluding carboxylic acids is 1. The maximum atomic E-state index is 12.4. The van der Waals surface area contributed by atoms with Gasteiger partial charge in [0.05, 0.1) is 5.69 Å². The number of carbonyl (C=O) groups is 1. The zero-order chi connectivity index (χ0) is 13.2. The fourth-order valence-electron chi connectivity index (χ4n) is 2.07. The number of halogens is 2. The number of hydrogen-bond donors (Lipinski definition) is 2. The molecular weight excluding hydrogens is 360 g/mol. The first-order chi connectivity index (χ1) is 8.51. The largest absolute Gasteiger partial charge is 0.325 e. The molecule has 0 unspecified atom stereocenters. The third-order valence-electron chi connectivity index (χ3n) is 3.43. The van der Waals surface area contributed by atoms with E-state index >= 15 is 0 Å². The van der Waals surface area contributed by atoms with Crippen molar-refractivity contribution in [2.45, 2.75) is 19.8 Å². The van der Waals surface area contributed by atoms with Gasteiger partial charge in [-0.1, -0.05) is 22.9 Å². The lowest BCUT2D eigenvalue weighted by atomic mass is 9.80. The Balaban J connectivity index is 2.13. The molecule has 1 amide bonds. The van der Waals surface area contributed by atoms with Crippen LogP contribution in [-0.4, -0.2) is 19.0 Å². The number of piperidine rings is 1. The molecule has 1 saturated heterocycles. The highest BCUT2D eigenvalue weighted by molar-refractivity contribution is 9.11. The van der Waals surface area contributed by atoms with Crippen LogP contribution in [0.15, 0.2) is 27.1 Å². The van der Waals surface area contributed by atoms with E-state index in [4.69, 9.17) is 0 Å². The Labute approximate surface area is 124 Å². The van der Waals surface area contributed by atoms with Gasteiger partial charge in [-0.2, -0.15) is 0 Å². The molecule has 18 heavy (non-hydrogen) atoms. The molecule has 98 valence electrons. The second-order valence-electron chi connectivity index (χ2n) is 4.89. The molecule has 3 nitrogen and oxygen atoms in total. The smallest absolute Gasteiger partial charge is 0.230 e. The van der Waals surface area contributed by atoms with Gasteiger partial charge in [-0.15, -0.1) is 0 Å². The number of rotatable bonds is 2. The van der Waals surface area contributed by atoms with Crippen LogP contribution in [0.5, 0.6) is 0 Å². The van der Waals surface area contributed by atoms with Crippen LogP contribution in [0.25, 0.3) is 0 Å². The molecule has 0 aliphatic carbocycles. The minimum atomic E-state index is -0.271. The van der Waals surface area contributed by atoms with Gasteiger partial charge in [0, 0.05) is 14.4 Å². The molecule has 1 aliphatic rings. The lowest BCUT2D eigenvalue weighted by Gasteiger charge is -2.32. The van der Waals surface area contributed by atoms with Crippen LogP contribution in [0.4, 0.5) is 5.69 Å². The first-order valence-corrected chi connectivity index (χ1v) is 7.57. The van der Waals surface area contributed by atoms with Crippen molar-refractivity contribution in [1.29, 1.82) is 0 Å². The Bertz CT molecular complexity index is 456. The summed E-state index contributed by atoms with van der Waals surface area (Å²) in [5.41, 5.74) is 0.543. The Morgan fingerprint density at radius 3 is 2.67 bits per heavy atom. The first kappa shape index (κ1) is 14.0. The number of amides is 1. The predicted octanol–water partition coefficient (Wildman–Crippen LogP) is 3.54. The minimum absolute atomic E-state index is 0.0998. The Hall–Kier alpha value is -0.390. The molecule has 0 spiro atoms. The maximum absolute atomic E-state index is 12.4. The molecular formula is C13H16Br2N2O. The molecule has 0 atom stereocenters. The number of anilines is 1. The van der Waals surface area contributed by atoms with E-state index in [0.717, 1.165) is 40.6 Å². The molecule has 1 aliphatic heterocycles. The van der Waals surface area contributed by atoms with Crippen LogP contribution in [0.2, 0.25) is 0 Å². The van der Waals surface area contributed by atoms with Gasteiger partial charge in [-0.25, -0.2) is 0 Å². The van der Waals surface area contributed by atoms with Crippen LogP contribution in [-0.2, 0) is 4.79 Å². The van der Waals surface area contributed by atoms with Gasteiger partial charge < -0.3 is 10.6 Å². The molecule has 1 heterocycles. The Morgan fingerprint density at radius 1 is 1.33 bits per heavy atom. The second kappa shape index (κ2) is 5.72. The predicted molar refractivity (Wildman–Crippen MR) is 80.7 cm³/mol. The van der Waals surface area contributed by atoms with Crippen molar-refractivity contribution in [1.82, 2.24) is 5.32 Å². The highest BCUT2D eigenvalue weighted by Gasteiger charge is 2.34. The molecule has 0 saturated carbocycles. The van der Waals surface area contributed by atoms with Gasteiger partial charge in [0.25, 0.3) is 0 Å². The standard InChI is InChI=1S/C13H16Br2N2O/c1-13(4-6-16-7-5-13)12(18)17-11-8-9(14)2-3-10(11)15/h2-3,8,16H,4-7H2,1H3,(H,17,18). The van der Waals surface area contributed by atoms with Crippen molar-refractivity contribution in [3.63, 3.8) is 0 Å². The molecule has 5 heteroatoms. The first-order valence-electron chi connectivity index (χ1n) is 5.98. The zero-order valence-corrected chi connectivity index (χ0v) is 13.4. The maximum Gasteiger partial charge on any atom is 0.230 e. The normalized spacial score (nSPS) is 18.4. The summed E-state index contributed by atoms with van der Waals surface area (Å²) in [5.74, 6) is 0.0998. The fraction of sp³-hybridized carbons (Fsp3) is 0.462. The minimum Gasteiger partial charge on any atom is -0.325 e. The summed E-state index contributed by atoms with van der Waals surface area (Å²) >= 11 is 6.87. The van der Waals surface area contributed by atoms with E-state index in [9.17, 15) is 4.79 Å². The van der Waals surface area contributed by atoms with Gasteiger partial charge in [0.15, 0.2) is 0 Å². The van der Waals surface area contributed by atoms with Crippen LogP contribution >= 0.6 is 31.9 Å². The number of benzene rings is 1. The van der Waals surface area contributed by atoms with E-state index in [1.165, 1.54) is 0 Å². The average Bonchev–Trinajstić information content (AvgIpc) is 2.35. The van der Waals surface area contributed by atoms with Gasteiger partial charge in [0.2, 0.25) is 5.91 Å². The fourth-order valence-corrected chi connectivity index (χ4v) is 2.78. The zero-order valence-electron chi connectivity index (χ0n) is 10.2. The summed E-state index contributed by atoms with van der Waals surface area (Å²) in [5, 5.41) is 6.30. The van der Waals surface area contributed by atoms with Crippen molar-refractivity contribution in [3.05, 3.63) is 27.1 Å². The molecule has 0 aromatic heterocycles. The van der Waals surface area contributed by atoms with Gasteiger partial charge >= 0.3 is 0 Å². The Kier molecular flexibility index (Phi) is 4.45. The Morgan fingerprint density at radius 2 is 2.00 bits per heavy atom. The molecule has 2 N–H and O–H groups in total. The van der Waals surface area contributed by atoms with E-state index in [0.29, 0.717) is 0 Å². The van der Waals surface area contributed by atoms with Gasteiger partial charge in [-0.3, -0.25) is 4.79 Å². The molecule has 2 rings (SSSR count). The molecule has 0 radical (unpaired) electrons. The van der Waals surface area contributed by atoms with Crippen molar-refractivity contribution >= 4 is 43.5 Å². The molecule has 0 bridgehead atoms. The van der Waals surface area contributed by atoms with Crippen LogP contribution in [0, 0.1) is 5.41 Å². The highest BCUT2D eigenvalue weighted by Crippen LogP contribution is 2.32. The summed E-state index contributed by atoms with van der Waals surface area (Å²) in [6.45, 7) is 3.85. The van der Waals surface area contributed by atoms with E-state index in [-0.39, 0.29) is 11.3 Å². The quantitative estimate of drug-likeness (QED) is 0.829. The lowest BCUT2D eigenvalue weighted by Crippen LogP contribution is -2.42. The summed E-state index contributed by atoms with van der Waals surface area (Å²) in [7, 11) is 0. The monoisotopic (exact) mass is 374 g/mol. The second-order valence-corrected chi connectivity index (χ2v) is 6.66. The van der Waals surface area contributed by atoms with E-state index < -0.39 is 0 Å². The molecule has 1 fully saturated rings. The third kappa shape index (κ3) is 3.13. The molecule has 1 aromatic rings. The van der Waals surface area contributed by atoms with Crippen molar-refractivity contribution in [3.8, 4) is 0 Å². The van der Waals surface area contributed by atoms with Crippen molar-refractivity contribution < 1.29 is 4.79 Å². The van der Waals surface area contributed by atoms with E-state index in [1.807, 2.05) is 25.1 Å². The topological polar surface area (TPSA) is 41.1 Å². The summed E-state index contributed by atoms with van der Waals surface area (Å²) in [6, 6.07) is 5.77. The third-order valence-corrected chi connectivity index (χ3v) is 4.62. The van der Waals surface area contributed by atoms with Crippen LogP contribution in [0.1, 0.15) is 19.8 Å². The summed E-state index contributed by atoms with van der Waals surface area (Å²) < 4.78 is 1.85. The van der Waals surface area contributed by atoms with E-state index in [2.05, 4.69) is 42.5 Å². The van der Waals surface area contributed by atoms with Gasteiger partial charge in [-0.05, 0) is 60.1 Å². The lowest BCUT2D eigenvalue weighted by molar-refractivity contribution is -0.126. The van der Waals surface area contributed by atoms with E-state index in [1.54, 1.807) is 0 Å². The van der Waals surface area contributed by atoms with Crippen molar-refractivity contribution in [2.24, 2.45) is 5.41 Å². The molecule has 1 aromatic carbocycles. The van der Waals surface area contributed by atoms with Crippen LogP contribution < -0.4 is 10.6 Å². The average molecular weight is 376 g/mol. The van der Waals surface area contributed by atoms with Gasteiger partial charge in [0.1, 0.15) is 0 Å². The SMILES string of the molecule is CC1(C(=O)Nc2cc(Br)ccc2Br)CCNCC1. The number of hydrogen-bond acceptors (Lipinski definition) is 2. The highest BCUT2D eigenvalue weighted by atomic mass is 79.9. The van der Waals surface area contributed by atoms with Crippen LogP contribution in [0.3, 0.4) is 0 Å². The summed E-state index contributed by atoms with van der Waals surface area (Å²) in [4.78, 5) is 12.4. The van der Waals surface area contributed by atoms with Crippen molar-refractivity contribution in [2.75, 3.05) is 18.4 Å². The summed E-state index contributed by atoms with van der Waals surface area (Å²) in [6.07, 6.45) is 1.76.